The van der Waals surface area contributed by atoms with Crippen LogP contribution in [0.15, 0.2) is 0 Å². The molecule has 0 spiro atoms. The zero-order valence-corrected chi connectivity index (χ0v) is 7.94. The maximum Gasteiger partial charge on any atom is 0.402 e. The van der Waals surface area contributed by atoms with Gasteiger partial charge >= 0.3 is 6.47 Å². The zero-order chi connectivity index (χ0) is 8.04. The fraction of sp³-hybridized carbons (Fsp3) is 0.857. The van der Waals surface area contributed by atoms with E-state index in [1.165, 1.54) is 12.9 Å². The largest absolute Gasteiger partial charge is 0.511 e. The van der Waals surface area contributed by atoms with Crippen LogP contribution in [0.2, 0.25) is 19.1 Å². The summed E-state index contributed by atoms with van der Waals surface area (Å²) in [6.07, 6.45) is 2.32. The van der Waals surface area contributed by atoms with E-state index in [1.54, 1.807) is 0 Å². The maximum atomic E-state index is 9.87. The van der Waals surface area contributed by atoms with E-state index in [1.807, 2.05) is 13.1 Å². The minimum absolute atomic E-state index is 1.05. The smallest absolute Gasteiger partial charge is 0.402 e. The van der Waals surface area contributed by atoms with Crippen LogP contribution < -0.4 is 0 Å². The molecule has 0 amide bonds. The summed E-state index contributed by atoms with van der Waals surface area (Å²) in [5, 5.41) is 0. The van der Waals surface area contributed by atoms with Crippen LogP contribution in [0.4, 0.5) is 0 Å². The summed E-state index contributed by atoms with van der Waals surface area (Å²) in [6.45, 7) is 7.73. The Morgan fingerprint density at radius 3 is 2.50 bits per heavy atom. The SMILES string of the molecule is CCCC[Si](C)(C)O[C]=O. The predicted molar refractivity (Wildman–Crippen MR) is 44.0 cm³/mol. The number of unbranched alkanes of at least 4 members (excludes halogenated alkanes) is 1. The molecule has 0 aromatic carbocycles. The molecule has 0 aliphatic carbocycles. The second-order valence-electron chi connectivity index (χ2n) is 3.05. The van der Waals surface area contributed by atoms with Gasteiger partial charge in [0, 0.05) is 0 Å². The summed E-state index contributed by atoms with van der Waals surface area (Å²) in [5.74, 6) is 0. The van der Waals surface area contributed by atoms with Crippen LogP contribution in [-0.2, 0) is 9.22 Å². The van der Waals surface area contributed by atoms with E-state index < -0.39 is 8.32 Å². The molecule has 59 valence electrons. The van der Waals surface area contributed by atoms with Gasteiger partial charge in [-0.1, -0.05) is 19.8 Å². The van der Waals surface area contributed by atoms with Crippen molar-refractivity contribution in [1.82, 2.24) is 0 Å². The third-order valence-corrected chi connectivity index (χ3v) is 3.64. The van der Waals surface area contributed by atoms with E-state index in [0.717, 1.165) is 12.5 Å². The molecule has 0 aliphatic rings. The monoisotopic (exact) mass is 159 g/mol. The van der Waals surface area contributed by atoms with Crippen LogP contribution in [0, 0.1) is 0 Å². The molecule has 0 atom stereocenters. The highest BCUT2D eigenvalue weighted by molar-refractivity contribution is 6.72. The lowest BCUT2D eigenvalue weighted by atomic mass is 10.4. The quantitative estimate of drug-likeness (QED) is 0.574. The number of carbonyl (C=O) groups excluding carboxylic acids is 1. The molecule has 0 heterocycles. The maximum absolute atomic E-state index is 9.87. The van der Waals surface area contributed by atoms with E-state index in [2.05, 4.69) is 6.92 Å². The van der Waals surface area contributed by atoms with E-state index in [-0.39, 0.29) is 0 Å². The van der Waals surface area contributed by atoms with E-state index in [4.69, 9.17) is 4.43 Å². The Bertz CT molecular complexity index is 102. The van der Waals surface area contributed by atoms with Gasteiger partial charge in [0.1, 0.15) is 0 Å². The van der Waals surface area contributed by atoms with Crippen LogP contribution in [0.25, 0.3) is 0 Å². The lowest BCUT2D eigenvalue weighted by molar-refractivity contribution is 0.436. The first kappa shape index (κ1) is 9.69. The molecule has 0 aromatic rings. The summed E-state index contributed by atoms with van der Waals surface area (Å²) in [4.78, 5) is 9.87. The Hall–Kier alpha value is -0.313. The first-order chi connectivity index (χ1) is 4.62. The van der Waals surface area contributed by atoms with Gasteiger partial charge in [-0.3, -0.25) is 0 Å². The molecule has 0 saturated carbocycles. The van der Waals surface area contributed by atoms with Crippen molar-refractivity contribution in [2.24, 2.45) is 0 Å². The highest BCUT2D eigenvalue weighted by Crippen LogP contribution is 2.13. The van der Waals surface area contributed by atoms with Crippen molar-refractivity contribution in [2.75, 3.05) is 0 Å². The zero-order valence-electron chi connectivity index (χ0n) is 6.94. The third kappa shape index (κ3) is 4.55. The molecular formula is C7H15O2Si. The van der Waals surface area contributed by atoms with Crippen LogP contribution >= 0.6 is 0 Å². The Labute approximate surface area is 63.7 Å². The lowest BCUT2D eigenvalue weighted by Gasteiger charge is -2.17. The van der Waals surface area contributed by atoms with Crippen molar-refractivity contribution in [2.45, 2.75) is 38.9 Å². The van der Waals surface area contributed by atoms with E-state index in [9.17, 15) is 4.79 Å². The molecule has 0 unspecified atom stereocenters. The van der Waals surface area contributed by atoms with E-state index in [0.29, 0.717) is 0 Å². The van der Waals surface area contributed by atoms with Crippen molar-refractivity contribution in [1.29, 1.82) is 0 Å². The van der Waals surface area contributed by atoms with Crippen LogP contribution in [0.1, 0.15) is 19.8 Å². The molecule has 1 radical (unpaired) electrons. The predicted octanol–water partition coefficient (Wildman–Crippen LogP) is 2.08. The Morgan fingerprint density at radius 1 is 1.50 bits per heavy atom. The fourth-order valence-corrected chi connectivity index (χ4v) is 2.30. The van der Waals surface area contributed by atoms with Crippen LogP contribution in [0.5, 0.6) is 0 Å². The first-order valence-electron chi connectivity index (χ1n) is 3.67. The molecule has 0 fully saturated rings. The van der Waals surface area contributed by atoms with Crippen molar-refractivity contribution in [3.8, 4) is 0 Å². The van der Waals surface area contributed by atoms with Crippen LogP contribution in [0.3, 0.4) is 0 Å². The minimum Gasteiger partial charge on any atom is -0.511 e. The van der Waals surface area contributed by atoms with Gasteiger partial charge in [0.15, 0.2) is 0 Å². The van der Waals surface area contributed by atoms with E-state index >= 15 is 0 Å². The van der Waals surface area contributed by atoms with Crippen molar-refractivity contribution in [3.05, 3.63) is 0 Å². The highest BCUT2D eigenvalue weighted by Gasteiger charge is 2.22. The summed E-state index contributed by atoms with van der Waals surface area (Å²) in [7, 11) is -1.65. The molecule has 0 aliphatic heterocycles. The van der Waals surface area contributed by atoms with Gasteiger partial charge < -0.3 is 4.43 Å². The van der Waals surface area contributed by atoms with Gasteiger partial charge in [0.25, 0.3) is 0 Å². The molecule has 3 heteroatoms. The van der Waals surface area contributed by atoms with Gasteiger partial charge in [0.2, 0.25) is 8.32 Å². The molecule has 0 bridgehead atoms. The molecule has 0 N–H and O–H groups in total. The van der Waals surface area contributed by atoms with Crippen molar-refractivity contribution >= 4 is 14.8 Å². The van der Waals surface area contributed by atoms with Gasteiger partial charge in [-0.15, -0.1) is 0 Å². The number of rotatable bonds is 5. The topological polar surface area (TPSA) is 26.3 Å². The molecular weight excluding hydrogens is 144 g/mol. The number of hydrogen-bond donors (Lipinski definition) is 0. The van der Waals surface area contributed by atoms with Gasteiger partial charge in [-0.25, -0.2) is 4.79 Å². The molecule has 0 saturated heterocycles. The second-order valence-corrected chi connectivity index (χ2v) is 7.27. The lowest BCUT2D eigenvalue weighted by Crippen LogP contribution is -2.29. The summed E-state index contributed by atoms with van der Waals surface area (Å²) in [5.41, 5.74) is 0. The summed E-state index contributed by atoms with van der Waals surface area (Å²) >= 11 is 0. The molecule has 0 rings (SSSR count). The first-order valence-corrected chi connectivity index (χ1v) is 6.79. The minimum atomic E-state index is -1.65. The molecule has 10 heavy (non-hydrogen) atoms. The number of hydrogen-bond acceptors (Lipinski definition) is 2. The van der Waals surface area contributed by atoms with Crippen LogP contribution in [-0.4, -0.2) is 14.8 Å². The van der Waals surface area contributed by atoms with Gasteiger partial charge in [0.05, 0.1) is 0 Å². The molecule has 0 aromatic heterocycles. The van der Waals surface area contributed by atoms with Gasteiger partial charge in [-0.2, -0.15) is 0 Å². The standard InChI is InChI=1S/C7H15O2Si/c1-4-5-6-10(2,3)9-7-8/h4-6H2,1-3H3. The normalized spacial score (nSPS) is 11.1. The average molecular weight is 159 g/mol. The summed E-state index contributed by atoms with van der Waals surface area (Å²) in [6, 6.07) is 1.05. The second kappa shape index (κ2) is 4.49. The fourth-order valence-electron chi connectivity index (χ4n) is 0.766. The Morgan fingerprint density at radius 2 is 2.10 bits per heavy atom. The highest BCUT2D eigenvalue weighted by atomic mass is 28.4. The Balaban J connectivity index is 3.51. The summed E-state index contributed by atoms with van der Waals surface area (Å²) < 4.78 is 4.86. The Kier molecular flexibility index (Phi) is 4.35. The van der Waals surface area contributed by atoms with Gasteiger partial charge in [-0.05, 0) is 19.1 Å². The third-order valence-electron chi connectivity index (χ3n) is 1.45. The average Bonchev–Trinajstić information content (AvgIpc) is 1.84. The van der Waals surface area contributed by atoms with Crippen molar-refractivity contribution in [3.63, 3.8) is 0 Å². The molecule has 2 nitrogen and oxygen atoms in total. The van der Waals surface area contributed by atoms with Crippen molar-refractivity contribution < 1.29 is 9.22 Å².